The fraction of sp³-hybridized carbons (Fsp3) is 0.240. The molecule has 37 heavy (non-hydrogen) atoms. The summed E-state index contributed by atoms with van der Waals surface area (Å²) in [6.07, 6.45) is 0.958. The molecule has 0 aliphatic heterocycles. The lowest BCUT2D eigenvalue weighted by Gasteiger charge is -2.26. The molecular formula is C25H26ClFN2O7S. The van der Waals surface area contributed by atoms with Crippen LogP contribution in [0.5, 0.6) is 23.0 Å². The van der Waals surface area contributed by atoms with E-state index < -0.39 is 21.7 Å². The normalized spacial score (nSPS) is 11.0. The van der Waals surface area contributed by atoms with Gasteiger partial charge in [0.05, 0.1) is 63.2 Å². The van der Waals surface area contributed by atoms with E-state index in [1.54, 1.807) is 6.07 Å². The number of methoxy groups -OCH3 is 4. The summed E-state index contributed by atoms with van der Waals surface area (Å²) in [5, 5.41) is 2.96. The van der Waals surface area contributed by atoms with Crippen molar-refractivity contribution >= 4 is 38.9 Å². The van der Waals surface area contributed by atoms with Crippen molar-refractivity contribution in [3.05, 3.63) is 70.5 Å². The number of carbonyl (C=O) groups is 1. The molecule has 9 nitrogen and oxygen atoms in total. The van der Waals surface area contributed by atoms with Crippen molar-refractivity contribution in [3.8, 4) is 23.0 Å². The standard InChI is InChI=1S/C25H26ClFN2O7S/c1-33-21-12-19(22(34-2)11-17(21)26)28-25(30)16-10-23(35-3)24(36-4)13-20(16)29(37(5,31)32)14-15-8-6-7-9-18(15)27/h6-13H,14H2,1-5H3,(H,28,30). The Labute approximate surface area is 219 Å². The van der Waals surface area contributed by atoms with Gasteiger partial charge in [0.15, 0.2) is 11.5 Å². The van der Waals surface area contributed by atoms with E-state index >= 15 is 0 Å². The molecule has 0 atom stereocenters. The average molecular weight is 553 g/mol. The number of halogens is 2. The van der Waals surface area contributed by atoms with Gasteiger partial charge in [-0.3, -0.25) is 9.10 Å². The Kier molecular flexibility index (Phi) is 8.72. The van der Waals surface area contributed by atoms with Crippen LogP contribution in [0.2, 0.25) is 5.02 Å². The molecule has 0 fully saturated rings. The van der Waals surface area contributed by atoms with Crippen molar-refractivity contribution in [1.29, 1.82) is 0 Å². The number of hydrogen-bond acceptors (Lipinski definition) is 7. The molecule has 0 radical (unpaired) electrons. The first-order valence-electron chi connectivity index (χ1n) is 10.7. The SMILES string of the molecule is COc1cc(NC(=O)c2cc(OC)c(OC)cc2N(Cc2ccccc2F)S(C)(=O)=O)c(OC)cc1Cl. The van der Waals surface area contributed by atoms with E-state index in [2.05, 4.69) is 5.32 Å². The number of sulfonamides is 1. The van der Waals surface area contributed by atoms with Gasteiger partial charge in [-0.1, -0.05) is 29.8 Å². The minimum absolute atomic E-state index is 0.0548. The zero-order valence-electron chi connectivity index (χ0n) is 20.8. The van der Waals surface area contributed by atoms with Crippen molar-refractivity contribution in [1.82, 2.24) is 0 Å². The lowest BCUT2D eigenvalue weighted by Crippen LogP contribution is -2.32. The van der Waals surface area contributed by atoms with Crippen LogP contribution in [-0.4, -0.2) is 49.0 Å². The molecule has 0 spiro atoms. The number of rotatable bonds is 10. The van der Waals surface area contributed by atoms with Gasteiger partial charge in [0.2, 0.25) is 10.0 Å². The van der Waals surface area contributed by atoms with Crippen molar-refractivity contribution in [2.75, 3.05) is 44.3 Å². The van der Waals surface area contributed by atoms with Crippen LogP contribution in [0.1, 0.15) is 15.9 Å². The number of nitrogens with zero attached hydrogens (tertiary/aromatic N) is 1. The van der Waals surface area contributed by atoms with Crippen molar-refractivity contribution < 1.29 is 36.6 Å². The van der Waals surface area contributed by atoms with Crippen LogP contribution >= 0.6 is 11.6 Å². The number of ether oxygens (including phenoxy) is 4. The summed E-state index contributed by atoms with van der Waals surface area (Å²) in [4.78, 5) is 13.6. The Morgan fingerprint density at radius 2 is 1.51 bits per heavy atom. The lowest BCUT2D eigenvalue weighted by molar-refractivity contribution is 0.102. The number of nitrogens with one attached hydrogen (secondary N) is 1. The summed E-state index contributed by atoms with van der Waals surface area (Å²) in [6, 6.07) is 11.4. The molecule has 3 rings (SSSR count). The van der Waals surface area contributed by atoms with E-state index in [1.165, 1.54) is 70.9 Å². The minimum Gasteiger partial charge on any atom is -0.495 e. The number of hydrogen-bond donors (Lipinski definition) is 1. The zero-order valence-corrected chi connectivity index (χ0v) is 22.4. The highest BCUT2D eigenvalue weighted by atomic mass is 35.5. The predicted molar refractivity (Wildman–Crippen MR) is 139 cm³/mol. The van der Waals surface area contributed by atoms with Gasteiger partial charge in [-0.05, 0) is 12.1 Å². The topological polar surface area (TPSA) is 103 Å². The van der Waals surface area contributed by atoms with Gasteiger partial charge in [0, 0.05) is 23.8 Å². The fourth-order valence-corrected chi connectivity index (χ4v) is 4.68. The van der Waals surface area contributed by atoms with Crippen LogP contribution in [0.15, 0.2) is 48.5 Å². The van der Waals surface area contributed by atoms with Gasteiger partial charge >= 0.3 is 0 Å². The minimum atomic E-state index is -4.01. The van der Waals surface area contributed by atoms with Crippen molar-refractivity contribution in [2.45, 2.75) is 6.54 Å². The van der Waals surface area contributed by atoms with Crippen LogP contribution in [0.4, 0.5) is 15.8 Å². The maximum absolute atomic E-state index is 14.5. The number of carbonyl (C=O) groups excluding carboxylic acids is 1. The summed E-state index contributed by atoms with van der Waals surface area (Å²) < 4.78 is 62.4. The third-order valence-corrected chi connectivity index (χ3v) is 6.83. The summed E-state index contributed by atoms with van der Waals surface area (Å²) in [6.45, 7) is -0.376. The highest BCUT2D eigenvalue weighted by molar-refractivity contribution is 7.92. The summed E-state index contributed by atoms with van der Waals surface area (Å²) in [7, 11) is 1.55. The molecule has 198 valence electrons. The van der Waals surface area contributed by atoms with Gasteiger partial charge in [0.1, 0.15) is 17.3 Å². The second-order valence-electron chi connectivity index (χ2n) is 7.73. The van der Waals surface area contributed by atoms with E-state index in [1.807, 2.05) is 0 Å². The molecule has 1 amide bonds. The molecule has 12 heteroatoms. The first-order chi connectivity index (χ1) is 17.5. The van der Waals surface area contributed by atoms with Crippen LogP contribution < -0.4 is 28.6 Å². The van der Waals surface area contributed by atoms with Gasteiger partial charge < -0.3 is 24.3 Å². The number of amides is 1. The molecule has 0 unspecified atom stereocenters. The monoisotopic (exact) mass is 552 g/mol. The van der Waals surface area contributed by atoms with E-state index in [0.29, 0.717) is 0 Å². The van der Waals surface area contributed by atoms with Crippen LogP contribution in [-0.2, 0) is 16.6 Å². The molecule has 1 N–H and O–H groups in total. The number of benzene rings is 3. The van der Waals surface area contributed by atoms with Crippen molar-refractivity contribution in [2.24, 2.45) is 0 Å². The summed E-state index contributed by atoms with van der Waals surface area (Å²) in [5.74, 6) is -0.435. The molecule has 0 heterocycles. The Morgan fingerprint density at radius 1 is 0.919 bits per heavy atom. The number of anilines is 2. The van der Waals surface area contributed by atoms with E-state index in [0.717, 1.165) is 10.6 Å². The van der Waals surface area contributed by atoms with Gasteiger partial charge in [-0.25, -0.2) is 12.8 Å². The second kappa shape index (κ2) is 11.6. The van der Waals surface area contributed by atoms with Gasteiger partial charge in [-0.15, -0.1) is 0 Å². The quantitative estimate of drug-likeness (QED) is 0.388. The first-order valence-corrected chi connectivity index (χ1v) is 13.0. The molecule has 0 aliphatic rings. The summed E-state index contributed by atoms with van der Waals surface area (Å²) in [5.41, 5.74) is 0.184. The van der Waals surface area contributed by atoms with E-state index in [-0.39, 0.29) is 57.1 Å². The van der Waals surface area contributed by atoms with Gasteiger partial charge in [0.25, 0.3) is 5.91 Å². The largest absolute Gasteiger partial charge is 0.495 e. The maximum atomic E-state index is 14.5. The van der Waals surface area contributed by atoms with Crippen molar-refractivity contribution in [3.63, 3.8) is 0 Å². The Bertz CT molecular complexity index is 1420. The third-order valence-electron chi connectivity index (χ3n) is 5.41. The highest BCUT2D eigenvalue weighted by Crippen LogP contribution is 2.39. The maximum Gasteiger partial charge on any atom is 0.258 e. The molecule has 3 aromatic rings. The molecule has 3 aromatic carbocycles. The Morgan fingerprint density at radius 3 is 2.08 bits per heavy atom. The lowest BCUT2D eigenvalue weighted by atomic mass is 10.1. The van der Waals surface area contributed by atoms with Crippen LogP contribution in [0, 0.1) is 5.82 Å². The predicted octanol–water partition coefficient (Wildman–Crippen LogP) is 4.73. The highest BCUT2D eigenvalue weighted by Gasteiger charge is 2.28. The molecule has 0 aromatic heterocycles. The fourth-order valence-electron chi connectivity index (χ4n) is 3.57. The Hall–Kier alpha value is -3.70. The van der Waals surface area contributed by atoms with E-state index in [4.69, 9.17) is 30.5 Å². The smallest absolute Gasteiger partial charge is 0.258 e. The summed E-state index contributed by atoms with van der Waals surface area (Å²) >= 11 is 6.16. The average Bonchev–Trinajstić information content (AvgIpc) is 2.87. The third kappa shape index (κ3) is 6.17. The van der Waals surface area contributed by atoms with Crippen LogP contribution in [0.3, 0.4) is 0 Å². The van der Waals surface area contributed by atoms with Crippen LogP contribution in [0.25, 0.3) is 0 Å². The zero-order chi connectivity index (χ0) is 27.3. The molecule has 0 aliphatic carbocycles. The van der Waals surface area contributed by atoms with E-state index in [9.17, 15) is 17.6 Å². The molecular weight excluding hydrogens is 527 g/mol. The molecule has 0 saturated heterocycles. The second-order valence-corrected chi connectivity index (χ2v) is 10.0. The first kappa shape index (κ1) is 27.9. The molecule has 0 saturated carbocycles. The molecule has 0 bridgehead atoms. The van der Waals surface area contributed by atoms with Gasteiger partial charge in [-0.2, -0.15) is 0 Å². The Balaban J connectivity index is 2.19.